The van der Waals surface area contributed by atoms with Gasteiger partial charge in [-0.2, -0.15) is 13.2 Å². The summed E-state index contributed by atoms with van der Waals surface area (Å²) in [5, 5.41) is 0. The number of hydrogen-bond acceptors (Lipinski definition) is 1. The van der Waals surface area contributed by atoms with E-state index in [0.717, 1.165) is 15.6 Å². The first-order valence-electron chi connectivity index (χ1n) is 4.06. The minimum atomic E-state index is -4.23. The average molecular weight is 266 g/mol. The van der Waals surface area contributed by atoms with E-state index < -0.39 is 6.30 Å². The van der Waals surface area contributed by atoms with Gasteiger partial charge in [0.2, 0.25) is 0 Å². The van der Waals surface area contributed by atoms with Crippen LogP contribution in [-0.4, -0.2) is 11.2 Å². The monoisotopic (exact) mass is 265 g/mol. The fourth-order valence-corrected chi connectivity index (χ4v) is 1.95. The second-order valence-electron chi connectivity index (χ2n) is 3.24. The zero-order chi connectivity index (χ0) is 10.3. The molecule has 1 nitrogen and oxygen atoms in total. The smallest absolute Gasteiger partial charge is 0.206 e. The molecule has 0 spiro atoms. The third kappa shape index (κ3) is 1.79. The van der Waals surface area contributed by atoms with Crippen LogP contribution in [0, 0.1) is 0 Å². The van der Waals surface area contributed by atoms with Gasteiger partial charge in [-0.15, -0.1) is 0 Å². The highest BCUT2D eigenvalue weighted by atomic mass is 79.9. The highest BCUT2D eigenvalue weighted by Crippen LogP contribution is 2.33. The molecule has 1 aliphatic rings. The number of benzene rings is 1. The van der Waals surface area contributed by atoms with Gasteiger partial charge in [-0.05, 0) is 23.3 Å². The van der Waals surface area contributed by atoms with Crippen molar-refractivity contribution in [2.24, 2.45) is 0 Å². The molecule has 0 fully saturated rings. The summed E-state index contributed by atoms with van der Waals surface area (Å²) in [6.45, 7) is -0.0790. The van der Waals surface area contributed by atoms with E-state index in [2.05, 4.69) is 15.9 Å². The number of alkyl halides is 3. The van der Waals surface area contributed by atoms with Gasteiger partial charge in [0.15, 0.2) is 0 Å². The van der Waals surface area contributed by atoms with Crippen molar-refractivity contribution in [2.45, 2.75) is 19.4 Å². The summed E-state index contributed by atoms with van der Waals surface area (Å²) in [7, 11) is 0. The molecule has 0 unspecified atom stereocenters. The molecule has 0 bridgehead atoms. The van der Waals surface area contributed by atoms with Crippen molar-refractivity contribution in [1.82, 2.24) is 4.90 Å². The third-order valence-corrected chi connectivity index (χ3v) is 2.74. The predicted octanol–water partition coefficient (Wildman–Crippen LogP) is 3.28. The normalized spacial score (nSPS) is 17.1. The van der Waals surface area contributed by atoms with Crippen molar-refractivity contribution in [2.75, 3.05) is 0 Å². The number of rotatable bonds is 0. The molecule has 0 aliphatic carbocycles. The standard InChI is InChI=1S/C9H7BrF3N/c10-8-2-1-6-4-14(9(11,12)13)5-7(6)3-8/h1-3H,4-5H2. The number of nitrogens with zero attached hydrogens (tertiary/aromatic N) is 1. The Morgan fingerprint density at radius 1 is 1.14 bits per heavy atom. The Bertz CT molecular complexity index is 362. The second-order valence-corrected chi connectivity index (χ2v) is 4.15. The Morgan fingerprint density at radius 2 is 1.79 bits per heavy atom. The molecule has 2 rings (SSSR count). The van der Waals surface area contributed by atoms with E-state index in [1.165, 1.54) is 0 Å². The van der Waals surface area contributed by atoms with Gasteiger partial charge in [-0.3, -0.25) is 0 Å². The van der Waals surface area contributed by atoms with Crippen LogP contribution in [0.2, 0.25) is 0 Å². The Kier molecular flexibility index (Phi) is 2.31. The van der Waals surface area contributed by atoms with Crippen LogP contribution < -0.4 is 0 Å². The Hall–Kier alpha value is -0.550. The number of hydrogen-bond donors (Lipinski definition) is 0. The molecule has 0 amide bonds. The highest BCUT2D eigenvalue weighted by molar-refractivity contribution is 9.10. The molecule has 0 radical (unpaired) electrons. The fraction of sp³-hybridized carbons (Fsp3) is 0.333. The van der Waals surface area contributed by atoms with E-state index >= 15 is 0 Å². The maximum Gasteiger partial charge on any atom is 0.460 e. The van der Waals surface area contributed by atoms with Crippen LogP contribution in [0.1, 0.15) is 11.1 Å². The van der Waals surface area contributed by atoms with Gasteiger partial charge in [0.1, 0.15) is 0 Å². The number of fused-ring (bicyclic) bond motifs is 1. The summed E-state index contributed by atoms with van der Waals surface area (Å²) >= 11 is 3.24. The summed E-state index contributed by atoms with van der Waals surface area (Å²) in [5.74, 6) is 0. The molecule has 76 valence electrons. The van der Waals surface area contributed by atoms with Crippen molar-refractivity contribution < 1.29 is 13.2 Å². The molecule has 0 N–H and O–H groups in total. The van der Waals surface area contributed by atoms with Gasteiger partial charge in [0.05, 0.1) is 0 Å². The lowest BCUT2D eigenvalue weighted by Crippen LogP contribution is -2.32. The second kappa shape index (κ2) is 3.24. The molecule has 0 saturated heterocycles. The van der Waals surface area contributed by atoms with Gasteiger partial charge in [-0.25, -0.2) is 4.90 Å². The predicted molar refractivity (Wildman–Crippen MR) is 49.4 cm³/mol. The van der Waals surface area contributed by atoms with Crippen LogP contribution in [0.15, 0.2) is 22.7 Å². The van der Waals surface area contributed by atoms with Crippen molar-refractivity contribution in [3.8, 4) is 0 Å². The summed E-state index contributed by atoms with van der Waals surface area (Å²) in [6.07, 6.45) is -4.23. The largest absolute Gasteiger partial charge is 0.460 e. The molecule has 0 aromatic heterocycles. The average Bonchev–Trinajstić information content (AvgIpc) is 2.45. The fourth-order valence-electron chi connectivity index (χ4n) is 1.54. The summed E-state index contributed by atoms with van der Waals surface area (Å²) in [5.41, 5.74) is 1.50. The van der Waals surface area contributed by atoms with E-state index in [9.17, 15) is 13.2 Å². The highest BCUT2D eigenvalue weighted by Gasteiger charge is 2.40. The van der Waals surface area contributed by atoms with Crippen molar-refractivity contribution in [3.05, 3.63) is 33.8 Å². The zero-order valence-electron chi connectivity index (χ0n) is 7.11. The molecule has 1 aromatic rings. The van der Waals surface area contributed by atoms with Crippen molar-refractivity contribution in [3.63, 3.8) is 0 Å². The van der Waals surface area contributed by atoms with E-state index in [-0.39, 0.29) is 13.1 Å². The summed E-state index contributed by atoms with van der Waals surface area (Å²) in [6, 6.07) is 5.23. The lowest BCUT2D eigenvalue weighted by molar-refractivity contribution is -0.249. The molecular formula is C9H7BrF3N. The minimum Gasteiger partial charge on any atom is -0.206 e. The van der Waals surface area contributed by atoms with E-state index in [1.54, 1.807) is 18.2 Å². The van der Waals surface area contributed by atoms with E-state index in [0.29, 0.717) is 4.90 Å². The maximum atomic E-state index is 12.3. The first-order valence-corrected chi connectivity index (χ1v) is 4.85. The summed E-state index contributed by atoms with van der Waals surface area (Å²) < 4.78 is 37.8. The maximum absolute atomic E-state index is 12.3. The van der Waals surface area contributed by atoms with Crippen LogP contribution in [0.4, 0.5) is 13.2 Å². The van der Waals surface area contributed by atoms with Crippen molar-refractivity contribution in [1.29, 1.82) is 0 Å². The van der Waals surface area contributed by atoms with Crippen LogP contribution in [0.3, 0.4) is 0 Å². The molecule has 14 heavy (non-hydrogen) atoms. The van der Waals surface area contributed by atoms with E-state index in [4.69, 9.17) is 0 Å². The van der Waals surface area contributed by atoms with Gasteiger partial charge in [-0.1, -0.05) is 22.0 Å². The third-order valence-electron chi connectivity index (χ3n) is 2.25. The molecule has 0 saturated carbocycles. The first kappa shape index (κ1) is 9.98. The lowest BCUT2D eigenvalue weighted by Gasteiger charge is -2.17. The first-order chi connectivity index (χ1) is 6.47. The van der Waals surface area contributed by atoms with Gasteiger partial charge in [0.25, 0.3) is 0 Å². The Labute approximate surface area is 87.6 Å². The topological polar surface area (TPSA) is 3.24 Å². The minimum absolute atomic E-state index is 0.0356. The van der Waals surface area contributed by atoms with Crippen molar-refractivity contribution >= 4 is 15.9 Å². The van der Waals surface area contributed by atoms with Gasteiger partial charge >= 0.3 is 6.30 Å². The molecule has 5 heteroatoms. The molecule has 1 aliphatic heterocycles. The van der Waals surface area contributed by atoms with E-state index in [1.807, 2.05) is 0 Å². The van der Waals surface area contributed by atoms with Gasteiger partial charge < -0.3 is 0 Å². The molecular weight excluding hydrogens is 259 g/mol. The summed E-state index contributed by atoms with van der Waals surface area (Å²) in [4.78, 5) is 0.504. The molecule has 0 atom stereocenters. The molecule has 1 aromatic carbocycles. The van der Waals surface area contributed by atoms with Gasteiger partial charge in [0, 0.05) is 17.6 Å². The number of halogens is 4. The Balaban J connectivity index is 2.26. The zero-order valence-corrected chi connectivity index (χ0v) is 8.69. The Morgan fingerprint density at radius 3 is 2.43 bits per heavy atom. The van der Waals surface area contributed by atoms with Crippen LogP contribution >= 0.6 is 15.9 Å². The molecule has 1 heterocycles. The SMILES string of the molecule is FC(F)(F)N1Cc2ccc(Br)cc2C1. The quantitative estimate of drug-likeness (QED) is 0.651. The van der Waals surface area contributed by atoms with Crippen LogP contribution in [-0.2, 0) is 13.1 Å². The van der Waals surface area contributed by atoms with Crippen LogP contribution in [0.25, 0.3) is 0 Å². The van der Waals surface area contributed by atoms with Crippen LogP contribution in [0.5, 0.6) is 0 Å². The lowest BCUT2D eigenvalue weighted by atomic mass is 10.1.